The molecule has 0 radical (unpaired) electrons. The summed E-state index contributed by atoms with van der Waals surface area (Å²) in [4.78, 5) is 15.1. The highest BCUT2D eigenvalue weighted by Gasteiger charge is 2.25. The van der Waals surface area contributed by atoms with Crippen molar-refractivity contribution in [2.45, 2.75) is 19.1 Å². The molecular weight excluding hydrogens is 196 g/mol. The second-order valence-corrected chi connectivity index (χ2v) is 2.98. The van der Waals surface area contributed by atoms with E-state index in [0.29, 0.717) is 5.69 Å². The number of esters is 1. The Morgan fingerprint density at radius 1 is 1.67 bits per heavy atom. The summed E-state index contributed by atoms with van der Waals surface area (Å²) in [6.07, 6.45) is 0.390. The average molecular weight is 210 g/mol. The van der Waals surface area contributed by atoms with Crippen molar-refractivity contribution in [3.63, 3.8) is 0 Å². The third-order valence-corrected chi connectivity index (χ3v) is 1.89. The van der Waals surface area contributed by atoms with Crippen LogP contribution in [0.5, 0.6) is 0 Å². The highest BCUT2D eigenvalue weighted by molar-refractivity contribution is 5.76. The lowest BCUT2D eigenvalue weighted by atomic mass is 10.1. The van der Waals surface area contributed by atoms with Crippen LogP contribution in [0.25, 0.3) is 0 Å². The van der Waals surface area contributed by atoms with E-state index in [9.17, 15) is 9.90 Å². The third-order valence-electron chi connectivity index (χ3n) is 1.89. The first kappa shape index (κ1) is 11.6. The number of pyridine rings is 1. The largest absolute Gasteiger partial charge is 0.465 e. The molecule has 3 N–H and O–H groups in total. The van der Waals surface area contributed by atoms with Crippen LogP contribution in [0, 0.1) is 0 Å². The summed E-state index contributed by atoms with van der Waals surface area (Å²) in [6, 6.07) is 3.93. The number of aliphatic hydroxyl groups excluding tert-OH is 1. The molecule has 0 aliphatic carbocycles. The summed E-state index contributed by atoms with van der Waals surface area (Å²) >= 11 is 0. The summed E-state index contributed by atoms with van der Waals surface area (Å²) in [5.74, 6) is -0.629. The van der Waals surface area contributed by atoms with Crippen molar-refractivity contribution in [3.8, 4) is 0 Å². The molecule has 2 atom stereocenters. The normalized spacial score (nSPS) is 14.3. The van der Waals surface area contributed by atoms with Gasteiger partial charge in [-0.25, -0.2) is 0 Å². The first-order valence-corrected chi connectivity index (χ1v) is 4.68. The molecule has 0 spiro atoms. The van der Waals surface area contributed by atoms with E-state index in [1.54, 1.807) is 25.1 Å². The number of hydrogen-bond donors (Lipinski definition) is 2. The molecule has 82 valence electrons. The SMILES string of the molecule is CCOC(=O)[C@@H](N)[C@@H](O)c1ccccn1. The lowest BCUT2D eigenvalue weighted by Crippen LogP contribution is -2.38. The Kier molecular flexibility index (Phi) is 4.20. The predicted octanol–water partition coefficient (Wildman–Crippen LogP) is 0.00540. The second-order valence-electron chi connectivity index (χ2n) is 2.98. The van der Waals surface area contributed by atoms with Crippen LogP contribution in [0.15, 0.2) is 24.4 Å². The van der Waals surface area contributed by atoms with Crippen molar-refractivity contribution >= 4 is 5.97 Å². The van der Waals surface area contributed by atoms with Crippen LogP contribution in [-0.4, -0.2) is 28.7 Å². The van der Waals surface area contributed by atoms with Gasteiger partial charge in [-0.05, 0) is 19.1 Å². The van der Waals surface area contributed by atoms with Crippen LogP contribution in [0.3, 0.4) is 0 Å². The number of hydrogen-bond acceptors (Lipinski definition) is 5. The van der Waals surface area contributed by atoms with E-state index >= 15 is 0 Å². The van der Waals surface area contributed by atoms with Crippen molar-refractivity contribution in [2.24, 2.45) is 5.73 Å². The third kappa shape index (κ3) is 3.00. The molecule has 1 aromatic heterocycles. The molecule has 1 heterocycles. The lowest BCUT2D eigenvalue weighted by molar-refractivity contribution is -0.147. The van der Waals surface area contributed by atoms with E-state index in [0.717, 1.165) is 0 Å². The molecule has 1 rings (SSSR count). The van der Waals surface area contributed by atoms with Crippen molar-refractivity contribution < 1.29 is 14.6 Å². The number of nitrogens with two attached hydrogens (primary N) is 1. The van der Waals surface area contributed by atoms with Gasteiger partial charge in [0.2, 0.25) is 0 Å². The number of carbonyl (C=O) groups is 1. The van der Waals surface area contributed by atoms with E-state index < -0.39 is 18.1 Å². The summed E-state index contributed by atoms with van der Waals surface area (Å²) in [5, 5.41) is 9.70. The van der Waals surface area contributed by atoms with Crippen molar-refractivity contribution in [1.29, 1.82) is 0 Å². The fourth-order valence-corrected chi connectivity index (χ4v) is 1.10. The highest BCUT2D eigenvalue weighted by atomic mass is 16.5. The van der Waals surface area contributed by atoms with E-state index in [1.165, 1.54) is 6.20 Å². The second kappa shape index (κ2) is 5.43. The number of carbonyl (C=O) groups excluding carboxylic acids is 1. The first-order valence-electron chi connectivity index (χ1n) is 4.68. The fraction of sp³-hybridized carbons (Fsp3) is 0.400. The Balaban J connectivity index is 2.68. The molecule has 0 saturated heterocycles. The molecule has 0 bridgehead atoms. The monoisotopic (exact) mass is 210 g/mol. The minimum atomic E-state index is -1.13. The molecule has 0 fully saturated rings. The van der Waals surface area contributed by atoms with Gasteiger partial charge in [0, 0.05) is 6.20 Å². The first-order chi connectivity index (χ1) is 7.16. The van der Waals surface area contributed by atoms with E-state index in [-0.39, 0.29) is 6.61 Å². The van der Waals surface area contributed by atoms with Crippen molar-refractivity contribution in [1.82, 2.24) is 4.98 Å². The topological polar surface area (TPSA) is 85.4 Å². The minimum Gasteiger partial charge on any atom is -0.465 e. The van der Waals surface area contributed by atoms with Gasteiger partial charge in [0.05, 0.1) is 12.3 Å². The quantitative estimate of drug-likeness (QED) is 0.683. The lowest BCUT2D eigenvalue weighted by Gasteiger charge is -2.16. The number of nitrogens with zero attached hydrogens (tertiary/aromatic N) is 1. The van der Waals surface area contributed by atoms with E-state index in [2.05, 4.69) is 4.98 Å². The molecule has 5 heteroatoms. The zero-order valence-electron chi connectivity index (χ0n) is 8.46. The van der Waals surface area contributed by atoms with Gasteiger partial charge in [-0.15, -0.1) is 0 Å². The molecule has 0 unspecified atom stereocenters. The van der Waals surface area contributed by atoms with Crippen LogP contribution < -0.4 is 5.73 Å². The van der Waals surface area contributed by atoms with Gasteiger partial charge in [-0.3, -0.25) is 9.78 Å². The van der Waals surface area contributed by atoms with Crippen molar-refractivity contribution in [2.75, 3.05) is 6.61 Å². The number of rotatable bonds is 4. The fourth-order valence-electron chi connectivity index (χ4n) is 1.10. The van der Waals surface area contributed by atoms with Crippen LogP contribution in [-0.2, 0) is 9.53 Å². The molecule has 0 saturated carbocycles. The predicted molar refractivity (Wildman–Crippen MR) is 53.8 cm³/mol. The van der Waals surface area contributed by atoms with Crippen LogP contribution in [0.1, 0.15) is 18.7 Å². The van der Waals surface area contributed by atoms with Gasteiger partial charge < -0.3 is 15.6 Å². The van der Waals surface area contributed by atoms with Crippen molar-refractivity contribution in [3.05, 3.63) is 30.1 Å². The number of aliphatic hydroxyl groups is 1. The van der Waals surface area contributed by atoms with Gasteiger partial charge in [-0.1, -0.05) is 6.07 Å². The smallest absolute Gasteiger partial charge is 0.326 e. The molecule has 1 aromatic rings. The standard InChI is InChI=1S/C10H14N2O3/c1-2-15-10(14)8(11)9(13)7-5-3-4-6-12-7/h3-6,8-9,13H,2,11H2,1H3/t8-,9-/m0/s1. The van der Waals surface area contributed by atoms with Crippen LogP contribution in [0.2, 0.25) is 0 Å². The van der Waals surface area contributed by atoms with Gasteiger partial charge in [0.25, 0.3) is 0 Å². The Hall–Kier alpha value is -1.46. The molecule has 0 aliphatic heterocycles. The summed E-state index contributed by atoms with van der Waals surface area (Å²) in [6.45, 7) is 1.92. The van der Waals surface area contributed by atoms with Crippen LogP contribution in [0.4, 0.5) is 0 Å². The Morgan fingerprint density at radius 2 is 2.40 bits per heavy atom. The molecular formula is C10H14N2O3. The Bertz CT molecular complexity index is 316. The van der Waals surface area contributed by atoms with Crippen LogP contribution >= 0.6 is 0 Å². The maximum absolute atomic E-state index is 11.2. The molecule has 0 aromatic carbocycles. The van der Waals surface area contributed by atoms with Gasteiger partial charge in [0.1, 0.15) is 12.1 Å². The molecule has 5 nitrogen and oxygen atoms in total. The number of ether oxygens (including phenoxy) is 1. The average Bonchev–Trinajstić information content (AvgIpc) is 2.28. The van der Waals surface area contributed by atoms with Gasteiger partial charge in [0.15, 0.2) is 0 Å². The number of aromatic nitrogens is 1. The summed E-state index contributed by atoms with van der Waals surface area (Å²) in [7, 11) is 0. The summed E-state index contributed by atoms with van der Waals surface area (Å²) in [5.41, 5.74) is 5.87. The maximum atomic E-state index is 11.2. The molecule has 0 aliphatic rings. The summed E-state index contributed by atoms with van der Waals surface area (Å²) < 4.78 is 4.69. The maximum Gasteiger partial charge on any atom is 0.326 e. The zero-order chi connectivity index (χ0) is 11.3. The van der Waals surface area contributed by atoms with E-state index in [4.69, 9.17) is 10.5 Å². The van der Waals surface area contributed by atoms with Gasteiger partial charge in [-0.2, -0.15) is 0 Å². The van der Waals surface area contributed by atoms with Gasteiger partial charge >= 0.3 is 5.97 Å². The zero-order valence-corrected chi connectivity index (χ0v) is 8.46. The molecule has 15 heavy (non-hydrogen) atoms. The molecule has 0 amide bonds. The van der Waals surface area contributed by atoms with E-state index in [1.807, 2.05) is 0 Å². The highest BCUT2D eigenvalue weighted by Crippen LogP contribution is 2.13. The minimum absolute atomic E-state index is 0.238. The Labute approximate surface area is 87.9 Å². The Morgan fingerprint density at radius 3 is 2.93 bits per heavy atom.